The monoisotopic (exact) mass is 506 g/mol. The lowest BCUT2D eigenvalue weighted by atomic mass is 10.1. The molecular weight excluding hydrogens is 484 g/mol. The number of pyridine rings is 1. The predicted molar refractivity (Wildman–Crippen MR) is 147 cm³/mol. The largest absolute Gasteiger partial charge is 0.492 e. The first-order valence-electron chi connectivity index (χ1n) is 11.7. The molecule has 6 rings (SSSR count). The van der Waals surface area contributed by atoms with Crippen molar-refractivity contribution in [2.45, 2.75) is 13.5 Å². The highest BCUT2D eigenvalue weighted by Crippen LogP contribution is 2.32. The van der Waals surface area contributed by atoms with Crippen molar-refractivity contribution in [3.63, 3.8) is 0 Å². The number of thioether (sulfide) groups is 1. The van der Waals surface area contributed by atoms with E-state index >= 15 is 0 Å². The van der Waals surface area contributed by atoms with Gasteiger partial charge in [-0.2, -0.15) is 15.1 Å². The molecule has 0 spiro atoms. The van der Waals surface area contributed by atoms with E-state index in [1.54, 1.807) is 18.5 Å². The first-order valence-corrected chi connectivity index (χ1v) is 12.6. The molecule has 1 amide bonds. The summed E-state index contributed by atoms with van der Waals surface area (Å²) < 4.78 is 8.06. The second-order valence-electron chi connectivity index (χ2n) is 8.63. The van der Waals surface area contributed by atoms with Gasteiger partial charge in [-0.15, -0.1) is 0 Å². The average molecular weight is 507 g/mol. The van der Waals surface area contributed by atoms with Gasteiger partial charge in [-0.3, -0.25) is 15.2 Å². The molecule has 0 unspecified atom stereocenters. The molecule has 4 heterocycles. The summed E-state index contributed by atoms with van der Waals surface area (Å²) in [6, 6.07) is 19.7. The van der Waals surface area contributed by atoms with Crippen molar-refractivity contribution in [1.29, 1.82) is 5.41 Å². The molecule has 2 aromatic heterocycles. The molecule has 4 aromatic rings. The number of nitrogens with zero attached hydrogens (tertiary/aromatic N) is 5. The van der Waals surface area contributed by atoms with Crippen LogP contribution in [0.3, 0.4) is 0 Å². The summed E-state index contributed by atoms with van der Waals surface area (Å²) in [6.07, 6.45) is 7.10. The number of amides is 1. The number of para-hydroxylation sites is 1. The van der Waals surface area contributed by atoms with Crippen LogP contribution in [0, 0.1) is 12.3 Å². The summed E-state index contributed by atoms with van der Waals surface area (Å²) in [5.41, 5.74) is 4.01. The van der Waals surface area contributed by atoms with Gasteiger partial charge in [-0.05, 0) is 60.7 Å². The fourth-order valence-corrected chi connectivity index (χ4v) is 5.18. The van der Waals surface area contributed by atoms with Gasteiger partial charge in [0.2, 0.25) is 5.17 Å². The van der Waals surface area contributed by atoms with E-state index in [0.29, 0.717) is 23.4 Å². The zero-order chi connectivity index (χ0) is 25.4. The summed E-state index contributed by atoms with van der Waals surface area (Å²) in [4.78, 5) is 21.3. The lowest BCUT2D eigenvalue weighted by Crippen LogP contribution is -2.35. The standard InChI is InChI=1S/C28H22N6O2S/c1-18-6-4-8-21(14-18)36-13-12-33-17-20(22-9-2-3-10-24(22)33)15-23-25(29)34-28(31-26(23)35)37-27(32-34)19-7-5-11-30-16-19/h2-11,14-17,29H,12-13H2,1H3/b23-15-,29-25?. The quantitative estimate of drug-likeness (QED) is 0.368. The van der Waals surface area contributed by atoms with E-state index in [-0.39, 0.29) is 11.4 Å². The summed E-state index contributed by atoms with van der Waals surface area (Å²) in [5.74, 6) is 0.385. The van der Waals surface area contributed by atoms with Crippen LogP contribution in [-0.4, -0.2) is 43.1 Å². The number of amidine groups is 2. The Morgan fingerprint density at radius 1 is 1.11 bits per heavy atom. The topological polar surface area (TPSA) is 95.9 Å². The molecule has 8 nitrogen and oxygen atoms in total. The van der Waals surface area contributed by atoms with E-state index < -0.39 is 5.91 Å². The molecule has 1 N–H and O–H groups in total. The number of fused-ring (bicyclic) bond motifs is 2. The number of carbonyl (C=O) groups excluding carboxylic acids is 1. The Morgan fingerprint density at radius 2 is 2.00 bits per heavy atom. The molecule has 2 aliphatic heterocycles. The molecule has 0 aliphatic carbocycles. The lowest BCUT2D eigenvalue weighted by molar-refractivity contribution is -0.114. The molecule has 0 radical (unpaired) electrons. The number of hydrazone groups is 1. The van der Waals surface area contributed by atoms with E-state index in [4.69, 9.17) is 10.1 Å². The Hall–Kier alpha value is -4.50. The smallest absolute Gasteiger partial charge is 0.283 e. The summed E-state index contributed by atoms with van der Waals surface area (Å²) >= 11 is 1.26. The molecule has 0 saturated carbocycles. The fourth-order valence-electron chi connectivity index (χ4n) is 4.30. The number of ether oxygens (including phenoxy) is 1. The molecule has 182 valence electrons. The Morgan fingerprint density at radius 3 is 2.84 bits per heavy atom. The number of carbonyl (C=O) groups is 1. The number of nitrogens with one attached hydrogen (secondary N) is 1. The van der Waals surface area contributed by atoms with Crippen molar-refractivity contribution < 1.29 is 9.53 Å². The molecule has 2 aromatic carbocycles. The summed E-state index contributed by atoms with van der Waals surface area (Å²) in [7, 11) is 0. The van der Waals surface area contributed by atoms with Crippen LogP contribution in [0.25, 0.3) is 17.0 Å². The number of hydrogen-bond donors (Lipinski definition) is 1. The van der Waals surface area contributed by atoms with Crippen molar-refractivity contribution in [2.75, 3.05) is 6.61 Å². The molecule has 0 saturated heterocycles. The minimum atomic E-state index is -0.453. The van der Waals surface area contributed by atoms with Crippen molar-refractivity contribution in [3.8, 4) is 5.75 Å². The van der Waals surface area contributed by atoms with Gasteiger partial charge in [0.1, 0.15) is 17.4 Å². The van der Waals surface area contributed by atoms with Gasteiger partial charge >= 0.3 is 0 Å². The molecule has 9 heteroatoms. The Bertz CT molecular complexity index is 1640. The predicted octanol–water partition coefficient (Wildman–Crippen LogP) is 5.09. The maximum absolute atomic E-state index is 13.0. The highest BCUT2D eigenvalue weighted by Gasteiger charge is 2.36. The number of aromatic nitrogens is 2. The van der Waals surface area contributed by atoms with E-state index in [1.165, 1.54) is 16.8 Å². The molecule has 2 aliphatic rings. The minimum Gasteiger partial charge on any atom is -0.492 e. The highest BCUT2D eigenvalue weighted by atomic mass is 32.2. The molecule has 0 atom stereocenters. The summed E-state index contributed by atoms with van der Waals surface area (Å²) in [6.45, 7) is 3.17. The van der Waals surface area contributed by atoms with Crippen molar-refractivity contribution in [3.05, 3.63) is 102 Å². The maximum Gasteiger partial charge on any atom is 0.283 e. The average Bonchev–Trinajstić information content (AvgIpc) is 3.49. The second kappa shape index (κ2) is 9.51. The SMILES string of the molecule is Cc1cccc(OCCn2cc(/C=C3/C(=N)N4N=C(c5cccnc5)SC4=NC3=O)c3ccccc32)c1. The van der Waals surface area contributed by atoms with Gasteiger partial charge in [0.15, 0.2) is 5.84 Å². The van der Waals surface area contributed by atoms with Gasteiger partial charge < -0.3 is 9.30 Å². The van der Waals surface area contributed by atoms with Crippen LogP contribution >= 0.6 is 11.8 Å². The first kappa shape index (κ1) is 22.9. The van der Waals surface area contributed by atoms with Crippen molar-refractivity contribution in [2.24, 2.45) is 10.1 Å². The van der Waals surface area contributed by atoms with Crippen molar-refractivity contribution >= 4 is 50.7 Å². The molecule has 0 fully saturated rings. The Labute approximate surface area is 217 Å². The Kier molecular flexibility index (Phi) is 5.90. The van der Waals surface area contributed by atoms with Crippen LogP contribution in [0.1, 0.15) is 16.7 Å². The molecule has 37 heavy (non-hydrogen) atoms. The number of aryl methyl sites for hydroxylation is 1. The third-order valence-corrected chi connectivity index (χ3v) is 7.03. The minimum absolute atomic E-state index is 0.000928. The zero-order valence-electron chi connectivity index (χ0n) is 20.0. The van der Waals surface area contributed by atoms with E-state index in [2.05, 4.69) is 19.6 Å². The number of hydrogen-bond acceptors (Lipinski definition) is 6. The first-order chi connectivity index (χ1) is 18.1. The van der Waals surface area contributed by atoms with Crippen LogP contribution in [0.4, 0.5) is 0 Å². The van der Waals surface area contributed by atoms with Crippen LogP contribution in [-0.2, 0) is 11.3 Å². The third kappa shape index (κ3) is 4.45. The number of benzene rings is 2. The fraction of sp³-hybridized carbons (Fsp3) is 0.107. The van der Waals surface area contributed by atoms with Gasteiger partial charge in [-0.25, -0.2) is 0 Å². The normalized spacial score (nSPS) is 16.2. The van der Waals surface area contributed by atoms with Crippen molar-refractivity contribution in [1.82, 2.24) is 14.6 Å². The zero-order valence-corrected chi connectivity index (χ0v) is 20.8. The maximum atomic E-state index is 13.0. The van der Waals surface area contributed by atoms with Crippen LogP contribution in [0.15, 0.2) is 94.9 Å². The number of rotatable bonds is 6. The van der Waals surface area contributed by atoms with Crippen LogP contribution in [0.2, 0.25) is 0 Å². The van der Waals surface area contributed by atoms with Gasteiger partial charge in [0.05, 0.1) is 12.1 Å². The molecule has 0 bridgehead atoms. The van der Waals surface area contributed by atoms with E-state index in [0.717, 1.165) is 33.3 Å². The Balaban J connectivity index is 1.28. The number of aliphatic imine (C=N–C) groups is 1. The lowest BCUT2D eigenvalue weighted by Gasteiger charge is -2.20. The van der Waals surface area contributed by atoms with Crippen LogP contribution in [0.5, 0.6) is 5.75 Å². The van der Waals surface area contributed by atoms with Gasteiger partial charge in [0, 0.05) is 40.6 Å². The van der Waals surface area contributed by atoms with E-state index in [9.17, 15) is 4.79 Å². The third-order valence-electron chi connectivity index (χ3n) is 6.07. The van der Waals surface area contributed by atoms with Crippen LogP contribution < -0.4 is 4.74 Å². The van der Waals surface area contributed by atoms with E-state index in [1.807, 2.05) is 73.8 Å². The summed E-state index contributed by atoms with van der Waals surface area (Å²) in [5, 5.41) is 16.7. The van der Waals surface area contributed by atoms with Gasteiger partial charge in [0.25, 0.3) is 5.91 Å². The second-order valence-corrected chi connectivity index (χ2v) is 9.58. The van der Waals surface area contributed by atoms with Gasteiger partial charge in [-0.1, -0.05) is 30.3 Å². The highest BCUT2D eigenvalue weighted by molar-refractivity contribution is 8.27. The molecular formula is C28H22N6O2S.